The normalized spacial score (nSPS) is 17.5. The van der Waals surface area contributed by atoms with Gasteiger partial charge in [-0.25, -0.2) is 4.98 Å². The third-order valence-electron chi connectivity index (χ3n) is 4.03. The van der Waals surface area contributed by atoms with Crippen molar-refractivity contribution in [3.8, 4) is 0 Å². The van der Waals surface area contributed by atoms with Crippen LogP contribution in [0.15, 0.2) is 18.2 Å². The summed E-state index contributed by atoms with van der Waals surface area (Å²) in [5.74, 6) is -0.975. The molecule has 1 aliphatic rings. The molecule has 2 heterocycles. The molecule has 0 aromatic carbocycles. The number of carbonyl (C=O) groups excluding carboxylic acids is 3. The van der Waals surface area contributed by atoms with Crippen LogP contribution in [0.2, 0.25) is 0 Å². The molecule has 23 heavy (non-hydrogen) atoms. The van der Waals surface area contributed by atoms with E-state index in [2.05, 4.69) is 22.5 Å². The number of amides is 3. The number of aromatic nitrogens is 1. The van der Waals surface area contributed by atoms with Crippen LogP contribution in [0.4, 0.5) is 5.82 Å². The lowest BCUT2D eigenvalue weighted by Crippen LogP contribution is -2.45. The smallest absolute Gasteiger partial charge is 0.315 e. The number of nitrogens with zero attached hydrogens (tertiary/aromatic N) is 2. The Morgan fingerprint density at radius 3 is 2.83 bits per heavy atom. The van der Waals surface area contributed by atoms with E-state index in [0.29, 0.717) is 19.0 Å². The molecule has 1 atom stereocenters. The van der Waals surface area contributed by atoms with Crippen LogP contribution in [-0.2, 0) is 9.59 Å². The summed E-state index contributed by atoms with van der Waals surface area (Å²) in [6, 6.07) is 4.68. The van der Waals surface area contributed by atoms with Crippen LogP contribution >= 0.6 is 0 Å². The predicted octanol–water partition coefficient (Wildman–Crippen LogP) is 1.03. The van der Waals surface area contributed by atoms with E-state index in [1.165, 1.54) is 13.1 Å². The van der Waals surface area contributed by atoms with Crippen LogP contribution in [0, 0.1) is 5.92 Å². The summed E-state index contributed by atoms with van der Waals surface area (Å²) in [4.78, 5) is 41.5. The fourth-order valence-electron chi connectivity index (χ4n) is 2.65. The number of piperidine rings is 1. The zero-order chi connectivity index (χ0) is 16.8. The van der Waals surface area contributed by atoms with Crippen LogP contribution in [0.25, 0.3) is 0 Å². The van der Waals surface area contributed by atoms with Crippen LogP contribution in [-0.4, -0.2) is 47.7 Å². The van der Waals surface area contributed by atoms with Gasteiger partial charge in [-0.05, 0) is 30.9 Å². The summed E-state index contributed by atoms with van der Waals surface area (Å²) in [7, 11) is 1.50. The van der Waals surface area contributed by atoms with Crippen LogP contribution in [0.5, 0.6) is 0 Å². The summed E-state index contributed by atoms with van der Waals surface area (Å²) >= 11 is 0. The summed E-state index contributed by atoms with van der Waals surface area (Å²) < 4.78 is 0. The molecule has 124 valence electrons. The van der Waals surface area contributed by atoms with Crippen molar-refractivity contribution < 1.29 is 14.4 Å². The maximum Gasteiger partial charge on any atom is 0.315 e. The minimum Gasteiger partial charge on any atom is -0.354 e. The van der Waals surface area contributed by atoms with Crippen molar-refractivity contribution in [3.05, 3.63) is 23.9 Å². The summed E-state index contributed by atoms with van der Waals surface area (Å²) in [5, 5.41) is 4.93. The van der Waals surface area contributed by atoms with Gasteiger partial charge in [0.05, 0.1) is 0 Å². The Labute approximate surface area is 135 Å². The van der Waals surface area contributed by atoms with Gasteiger partial charge in [0.15, 0.2) is 0 Å². The molecular formula is C16H22N4O3. The van der Waals surface area contributed by atoms with Gasteiger partial charge >= 0.3 is 11.8 Å². The van der Waals surface area contributed by atoms with Crippen molar-refractivity contribution in [2.75, 3.05) is 25.5 Å². The van der Waals surface area contributed by atoms with E-state index in [9.17, 15) is 14.4 Å². The molecule has 0 aliphatic carbocycles. The highest BCUT2D eigenvalue weighted by atomic mass is 16.2. The van der Waals surface area contributed by atoms with Gasteiger partial charge in [-0.1, -0.05) is 19.4 Å². The van der Waals surface area contributed by atoms with Crippen LogP contribution in [0.3, 0.4) is 0 Å². The molecule has 1 aromatic heterocycles. The fraction of sp³-hybridized carbons (Fsp3) is 0.500. The summed E-state index contributed by atoms with van der Waals surface area (Å²) in [6.45, 7) is 3.32. The lowest BCUT2D eigenvalue weighted by atomic mass is 9.95. The van der Waals surface area contributed by atoms with Gasteiger partial charge in [-0.3, -0.25) is 14.4 Å². The lowest BCUT2D eigenvalue weighted by molar-refractivity contribution is -0.144. The minimum atomic E-state index is -0.719. The molecular weight excluding hydrogens is 296 g/mol. The zero-order valence-corrected chi connectivity index (χ0v) is 13.5. The summed E-state index contributed by atoms with van der Waals surface area (Å²) in [5.41, 5.74) is 0.182. The number of likely N-dealkylation sites (tertiary alicyclic amines) is 1. The number of anilines is 1. The molecule has 1 unspecified atom stereocenters. The average Bonchev–Trinajstić information content (AvgIpc) is 2.60. The van der Waals surface area contributed by atoms with Gasteiger partial charge in [0.1, 0.15) is 11.5 Å². The molecule has 1 aromatic rings. The van der Waals surface area contributed by atoms with Crippen molar-refractivity contribution in [2.45, 2.75) is 26.2 Å². The first kappa shape index (κ1) is 16.9. The van der Waals surface area contributed by atoms with E-state index < -0.39 is 11.8 Å². The number of hydrogen-bond donors (Lipinski definition) is 2. The molecule has 1 saturated heterocycles. The van der Waals surface area contributed by atoms with Gasteiger partial charge < -0.3 is 15.5 Å². The van der Waals surface area contributed by atoms with Crippen molar-refractivity contribution in [3.63, 3.8) is 0 Å². The van der Waals surface area contributed by atoms with E-state index in [1.54, 1.807) is 17.0 Å². The molecule has 7 heteroatoms. The second kappa shape index (κ2) is 7.71. The Bertz CT molecular complexity index is 603. The second-order valence-corrected chi connectivity index (χ2v) is 5.61. The SMILES string of the molecule is CCC1CCCN(C(=O)C(=O)Nc2cccc(C(=O)NC)n2)C1. The Balaban J connectivity index is 2.01. The van der Waals surface area contributed by atoms with Gasteiger partial charge in [0.2, 0.25) is 0 Å². The molecule has 2 rings (SSSR count). The van der Waals surface area contributed by atoms with E-state index in [1.807, 2.05) is 0 Å². The Hall–Kier alpha value is -2.44. The number of pyridine rings is 1. The first-order chi connectivity index (χ1) is 11.0. The first-order valence-electron chi connectivity index (χ1n) is 7.84. The highest BCUT2D eigenvalue weighted by molar-refractivity contribution is 6.39. The van der Waals surface area contributed by atoms with Gasteiger partial charge in [-0.15, -0.1) is 0 Å². The van der Waals surface area contributed by atoms with Crippen molar-refractivity contribution >= 4 is 23.5 Å². The number of carbonyl (C=O) groups is 3. The molecule has 7 nitrogen and oxygen atoms in total. The lowest BCUT2D eigenvalue weighted by Gasteiger charge is -2.31. The number of rotatable bonds is 3. The van der Waals surface area contributed by atoms with Crippen LogP contribution < -0.4 is 10.6 Å². The molecule has 3 amide bonds. The Kier molecular flexibility index (Phi) is 5.67. The minimum absolute atomic E-state index is 0.182. The van der Waals surface area contributed by atoms with Gasteiger partial charge in [0, 0.05) is 20.1 Å². The van der Waals surface area contributed by atoms with E-state index >= 15 is 0 Å². The Morgan fingerprint density at radius 1 is 1.35 bits per heavy atom. The van der Waals surface area contributed by atoms with Gasteiger partial charge in [0.25, 0.3) is 5.91 Å². The molecule has 1 aliphatic heterocycles. The molecule has 0 radical (unpaired) electrons. The van der Waals surface area contributed by atoms with E-state index in [-0.39, 0.29) is 17.4 Å². The van der Waals surface area contributed by atoms with Crippen molar-refractivity contribution in [2.24, 2.45) is 5.92 Å². The third-order valence-corrected chi connectivity index (χ3v) is 4.03. The van der Waals surface area contributed by atoms with E-state index in [0.717, 1.165) is 19.3 Å². The Morgan fingerprint density at radius 2 is 2.13 bits per heavy atom. The second-order valence-electron chi connectivity index (χ2n) is 5.61. The summed E-state index contributed by atoms with van der Waals surface area (Å²) in [6.07, 6.45) is 3.01. The number of nitrogens with one attached hydrogen (secondary N) is 2. The highest BCUT2D eigenvalue weighted by Crippen LogP contribution is 2.19. The molecule has 0 bridgehead atoms. The molecule has 2 N–H and O–H groups in total. The predicted molar refractivity (Wildman–Crippen MR) is 85.9 cm³/mol. The molecule has 1 fully saturated rings. The largest absolute Gasteiger partial charge is 0.354 e. The molecule has 0 saturated carbocycles. The average molecular weight is 318 g/mol. The maximum atomic E-state index is 12.2. The maximum absolute atomic E-state index is 12.2. The van der Waals surface area contributed by atoms with Gasteiger partial charge in [-0.2, -0.15) is 0 Å². The topological polar surface area (TPSA) is 91.4 Å². The van der Waals surface area contributed by atoms with Crippen molar-refractivity contribution in [1.29, 1.82) is 0 Å². The monoisotopic (exact) mass is 318 g/mol. The first-order valence-corrected chi connectivity index (χ1v) is 7.84. The highest BCUT2D eigenvalue weighted by Gasteiger charge is 2.27. The zero-order valence-electron chi connectivity index (χ0n) is 13.5. The third kappa shape index (κ3) is 4.28. The standard InChI is InChI=1S/C16H22N4O3/c1-3-11-6-5-9-20(10-11)16(23)15(22)19-13-8-4-7-12(18-13)14(21)17-2/h4,7-8,11H,3,5-6,9-10H2,1-2H3,(H,17,21)(H,18,19,22). The number of hydrogen-bond acceptors (Lipinski definition) is 4. The van der Waals surface area contributed by atoms with Crippen molar-refractivity contribution in [1.82, 2.24) is 15.2 Å². The quantitative estimate of drug-likeness (QED) is 0.814. The molecule has 0 spiro atoms. The fourth-order valence-corrected chi connectivity index (χ4v) is 2.65. The van der Waals surface area contributed by atoms with E-state index in [4.69, 9.17) is 0 Å². The van der Waals surface area contributed by atoms with Crippen LogP contribution in [0.1, 0.15) is 36.7 Å².